The Kier molecular flexibility index (Phi) is 4.91. The number of aromatic amines is 1. The molecule has 0 saturated carbocycles. The van der Waals surface area contributed by atoms with Gasteiger partial charge in [-0.2, -0.15) is 22.6 Å². The largest absolute Gasteiger partial charge is 0.409 e. The van der Waals surface area contributed by atoms with Crippen LogP contribution >= 0.6 is 0 Å². The smallest absolute Gasteiger partial charge is 0.276 e. The predicted molar refractivity (Wildman–Crippen MR) is 88.7 cm³/mol. The number of halogens is 4. The van der Waals surface area contributed by atoms with Crippen LogP contribution < -0.4 is 0 Å². The van der Waals surface area contributed by atoms with Crippen LogP contribution in [0.15, 0.2) is 47.8 Å². The summed E-state index contributed by atoms with van der Waals surface area (Å²) in [6, 6.07) is 2.20. The van der Waals surface area contributed by atoms with Crippen molar-refractivity contribution in [2.24, 2.45) is 0 Å². The maximum absolute atomic E-state index is 13.8. The minimum absolute atomic E-state index is 0.300. The predicted octanol–water partition coefficient (Wildman–Crippen LogP) is 3.41. The monoisotopic (exact) mass is 402 g/mol. The van der Waals surface area contributed by atoms with Crippen molar-refractivity contribution in [3.63, 3.8) is 0 Å². The van der Waals surface area contributed by atoms with Crippen LogP contribution in [0.2, 0.25) is 0 Å². The summed E-state index contributed by atoms with van der Waals surface area (Å²) >= 11 is 0. The second-order valence-electron chi connectivity index (χ2n) is 5.68. The average molecular weight is 402 g/mol. The van der Waals surface area contributed by atoms with Crippen molar-refractivity contribution in [1.82, 2.24) is 19.5 Å². The molecule has 0 saturated heterocycles. The van der Waals surface area contributed by atoms with Crippen LogP contribution in [0.1, 0.15) is 18.5 Å². The third kappa shape index (κ3) is 3.65. The minimum Gasteiger partial charge on any atom is -0.276 e. The van der Waals surface area contributed by atoms with Crippen LogP contribution in [-0.2, 0) is 10.0 Å². The lowest BCUT2D eigenvalue weighted by Crippen LogP contribution is -2.42. The van der Waals surface area contributed by atoms with Crippen molar-refractivity contribution in [2.75, 3.05) is 6.54 Å². The molecule has 0 radical (unpaired) electrons. The van der Waals surface area contributed by atoms with Crippen LogP contribution in [0.4, 0.5) is 17.6 Å². The number of hydrogen-bond acceptors (Lipinski definition) is 4. The van der Waals surface area contributed by atoms with Gasteiger partial charge in [0.05, 0.1) is 17.9 Å². The molecular weight excluding hydrogens is 388 g/mol. The van der Waals surface area contributed by atoms with E-state index in [1.165, 1.54) is 19.3 Å². The molecule has 11 heteroatoms. The Morgan fingerprint density at radius 3 is 2.44 bits per heavy atom. The summed E-state index contributed by atoms with van der Waals surface area (Å²) in [5.74, 6) is -0.724. The molecule has 2 aromatic heterocycles. The zero-order chi connectivity index (χ0) is 19.8. The van der Waals surface area contributed by atoms with Gasteiger partial charge in [-0.3, -0.25) is 5.10 Å². The molecular formula is C16H14F4N4O2S. The van der Waals surface area contributed by atoms with E-state index < -0.39 is 45.2 Å². The lowest BCUT2D eigenvalue weighted by Gasteiger charge is -2.31. The third-order valence-corrected chi connectivity index (χ3v) is 5.81. The SMILES string of the molecule is CCN([C@H](c1ccc(F)cc1)C(F)(F)F)S(=O)(=O)c1cc2cn[nH]c2cn1. The van der Waals surface area contributed by atoms with E-state index in [1.54, 1.807) is 0 Å². The van der Waals surface area contributed by atoms with Gasteiger partial charge in [0.1, 0.15) is 11.9 Å². The van der Waals surface area contributed by atoms with Gasteiger partial charge in [0.25, 0.3) is 10.0 Å². The van der Waals surface area contributed by atoms with Gasteiger partial charge < -0.3 is 0 Å². The van der Waals surface area contributed by atoms with E-state index >= 15 is 0 Å². The Labute approximate surface area is 151 Å². The van der Waals surface area contributed by atoms with E-state index in [9.17, 15) is 26.0 Å². The Bertz CT molecular complexity index is 1050. The van der Waals surface area contributed by atoms with Crippen LogP contribution in [0.25, 0.3) is 10.9 Å². The second kappa shape index (κ2) is 6.89. The van der Waals surface area contributed by atoms with Crippen LogP contribution in [0.3, 0.4) is 0 Å². The Balaban J connectivity index is 2.11. The molecule has 0 aliphatic carbocycles. The molecule has 1 N–H and O–H groups in total. The first kappa shape index (κ1) is 19.2. The molecule has 0 spiro atoms. The lowest BCUT2D eigenvalue weighted by molar-refractivity contribution is -0.173. The third-order valence-electron chi connectivity index (χ3n) is 3.97. The molecule has 6 nitrogen and oxygen atoms in total. The maximum atomic E-state index is 13.8. The first-order chi connectivity index (χ1) is 12.6. The topological polar surface area (TPSA) is 79.0 Å². The Morgan fingerprint density at radius 1 is 1.19 bits per heavy atom. The highest BCUT2D eigenvalue weighted by Crippen LogP contribution is 2.40. The highest BCUT2D eigenvalue weighted by molar-refractivity contribution is 7.89. The van der Waals surface area contributed by atoms with Crippen molar-refractivity contribution >= 4 is 20.9 Å². The summed E-state index contributed by atoms with van der Waals surface area (Å²) in [5.41, 5.74) is 0.0571. The standard InChI is InChI=1S/C16H14F4N4O2S/c1-2-24(15(16(18,19)20)10-3-5-12(17)6-4-10)27(25,26)14-7-11-8-22-23-13(11)9-21-14/h3-9,15H,2H2,1H3,(H,22,23)/t15-/m1/s1. The van der Waals surface area contributed by atoms with Gasteiger partial charge in [-0.1, -0.05) is 19.1 Å². The molecule has 27 heavy (non-hydrogen) atoms. The molecule has 2 heterocycles. The molecule has 0 amide bonds. The number of nitrogens with zero attached hydrogens (tertiary/aromatic N) is 3. The molecule has 0 unspecified atom stereocenters. The lowest BCUT2D eigenvalue weighted by atomic mass is 10.1. The van der Waals surface area contributed by atoms with Crippen LogP contribution in [0, 0.1) is 5.82 Å². The molecule has 1 aromatic carbocycles. The molecule has 144 valence electrons. The van der Waals surface area contributed by atoms with Crippen LogP contribution in [-0.4, -0.2) is 40.6 Å². The first-order valence-electron chi connectivity index (χ1n) is 7.77. The molecule has 0 aliphatic rings. The van der Waals surface area contributed by atoms with Crippen molar-refractivity contribution in [2.45, 2.75) is 24.2 Å². The molecule has 0 bridgehead atoms. The van der Waals surface area contributed by atoms with Crippen molar-refractivity contribution < 1.29 is 26.0 Å². The van der Waals surface area contributed by atoms with E-state index in [0.717, 1.165) is 30.3 Å². The van der Waals surface area contributed by atoms with Gasteiger partial charge in [-0.05, 0) is 23.8 Å². The highest BCUT2D eigenvalue weighted by atomic mass is 32.2. The zero-order valence-corrected chi connectivity index (χ0v) is 14.7. The van der Waals surface area contributed by atoms with Gasteiger partial charge in [0, 0.05) is 11.9 Å². The molecule has 3 aromatic rings. The number of H-pyrrole nitrogens is 1. The van der Waals surface area contributed by atoms with E-state index in [2.05, 4.69) is 15.2 Å². The number of hydrogen-bond donors (Lipinski definition) is 1. The fourth-order valence-electron chi connectivity index (χ4n) is 2.74. The van der Waals surface area contributed by atoms with E-state index in [-0.39, 0.29) is 0 Å². The average Bonchev–Trinajstić information content (AvgIpc) is 3.07. The zero-order valence-electron chi connectivity index (χ0n) is 13.9. The van der Waals surface area contributed by atoms with Gasteiger partial charge in [0.2, 0.25) is 0 Å². The number of rotatable bonds is 5. The second-order valence-corrected chi connectivity index (χ2v) is 7.52. The minimum atomic E-state index is -4.92. The Hall–Kier alpha value is -2.53. The number of alkyl halides is 3. The van der Waals surface area contributed by atoms with Crippen molar-refractivity contribution in [3.05, 3.63) is 54.1 Å². The number of sulfonamides is 1. The molecule has 3 rings (SSSR count). The van der Waals surface area contributed by atoms with Gasteiger partial charge in [0.15, 0.2) is 5.03 Å². The summed E-state index contributed by atoms with van der Waals surface area (Å²) in [6.45, 7) is 0.825. The molecule has 0 aliphatic heterocycles. The number of pyridine rings is 1. The number of nitrogens with one attached hydrogen (secondary N) is 1. The molecule has 1 atom stereocenters. The quantitative estimate of drug-likeness (QED) is 0.664. The van der Waals surface area contributed by atoms with Crippen LogP contribution in [0.5, 0.6) is 0 Å². The Morgan fingerprint density at radius 2 is 1.85 bits per heavy atom. The summed E-state index contributed by atoms with van der Waals surface area (Å²) in [4.78, 5) is 3.76. The maximum Gasteiger partial charge on any atom is 0.409 e. The fourth-order valence-corrected chi connectivity index (χ4v) is 4.30. The first-order valence-corrected chi connectivity index (χ1v) is 9.21. The molecule has 0 fully saturated rings. The fraction of sp³-hybridized carbons (Fsp3) is 0.250. The summed E-state index contributed by atoms with van der Waals surface area (Å²) in [7, 11) is -4.59. The van der Waals surface area contributed by atoms with E-state index in [1.807, 2.05) is 0 Å². The van der Waals surface area contributed by atoms with E-state index in [4.69, 9.17) is 0 Å². The number of aromatic nitrogens is 3. The number of fused-ring (bicyclic) bond motifs is 1. The van der Waals surface area contributed by atoms with Gasteiger partial charge in [-0.25, -0.2) is 17.8 Å². The van der Waals surface area contributed by atoms with Crippen molar-refractivity contribution in [1.29, 1.82) is 0 Å². The summed E-state index contributed by atoms with van der Waals surface area (Å²) < 4.78 is 80.5. The summed E-state index contributed by atoms with van der Waals surface area (Å²) in [6.07, 6.45) is -2.39. The number of benzene rings is 1. The normalized spacial score (nSPS) is 14.0. The van der Waals surface area contributed by atoms with E-state index in [0.29, 0.717) is 15.2 Å². The van der Waals surface area contributed by atoms with Gasteiger partial charge in [-0.15, -0.1) is 0 Å². The van der Waals surface area contributed by atoms with Crippen molar-refractivity contribution in [3.8, 4) is 0 Å². The summed E-state index contributed by atoms with van der Waals surface area (Å²) in [5, 5.41) is 6.17. The van der Waals surface area contributed by atoms with Gasteiger partial charge >= 0.3 is 6.18 Å². The highest BCUT2D eigenvalue weighted by Gasteiger charge is 2.49.